The van der Waals surface area contributed by atoms with Crippen LogP contribution in [0.4, 0.5) is 11.4 Å². The Bertz CT molecular complexity index is 1440. The number of ether oxygens (including phenoxy) is 2. The van der Waals surface area contributed by atoms with Crippen LogP contribution in [0.2, 0.25) is 0 Å². The average molecular weight is 573 g/mol. The van der Waals surface area contributed by atoms with E-state index in [4.69, 9.17) is 9.47 Å². The molecule has 0 aromatic heterocycles. The lowest BCUT2D eigenvalue weighted by Crippen LogP contribution is -2.45. The van der Waals surface area contributed by atoms with Gasteiger partial charge in [-0.1, -0.05) is 63.2 Å². The molecule has 1 saturated heterocycles. The standard InChI is InChI=1S/C34H40N2O6/c1-21-30(33(3,4)24-11-14-26(41-5)15-12-24)29(17-18-37)42-34(21)27-19-25(35-31(39)22(2)38)13-16-28(27)36(32(34)40)20-23-9-7-6-8-10-23/h6-16,19,21-22,29-30,37-38H,17-18,20H2,1-5H3,(H,35,39)/t21-,22+,29+,30-,34+/m1/s1. The SMILES string of the molecule is COc1ccc(C(C)(C)[C@H]2[C@H](CCO)O[C@@]3(C(=O)N(Cc4ccccc4)c4ccc(NC(=O)[C@H](C)O)cc43)[C@@H]2C)cc1. The Kier molecular flexibility index (Phi) is 8.16. The van der Waals surface area contributed by atoms with E-state index in [1.54, 1.807) is 24.1 Å². The second-order valence-electron chi connectivity index (χ2n) is 11.9. The van der Waals surface area contributed by atoms with E-state index < -0.39 is 29.1 Å². The third kappa shape index (κ3) is 4.97. The van der Waals surface area contributed by atoms with Gasteiger partial charge in [-0.3, -0.25) is 9.59 Å². The predicted octanol–water partition coefficient (Wildman–Crippen LogP) is 4.77. The van der Waals surface area contributed by atoms with Gasteiger partial charge in [-0.05, 0) is 60.2 Å². The number of hydrogen-bond donors (Lipinski definition) is 3. The van der Waals surface area contributed by atoms with Crippen LogP contribution in [0.15, 0.2) is 72.8 Å². The third-order valence-electron chi connectivity index (χ3n) is 9.08. The Balaban J connectivity index is 1.63. The van der Waals surface area contributed by atoms with Crippen molar-refractivity contribution in [1.29, 1.82) is 0 Å². The van der Waals surface area contributed by atoms with Crippen LogP contribution < -0.4 is 15.0 Å². The Morgan fingerprint density at radius 2 is 1.81 bits per heavy atom. The van der Waals surface area contributed by atoms with Crippen LogP contribution >= 0.6 is 0 Å². The monoisotopic (exact) mass is 572 g/mol. The van der Waals surface area contributed by atoms with E-state index in [0.717, 1.165) is 22.6 Å². The molecule has 0 bridgehead atoms. The number of aliphatic hydroxyl groups is 2. The van der Waals surface area contributed by atoms with E-state index in [-0.39, 0.29) is 24.3 Å². The summed E-state index contributed by atoms with van der Waals surface area (Å²) in [5.74, 6) is -0.365. The van der Waals surface area contributed by atoms with Gasteiger partial charge < -0.3 is 29.9 Å². The van der Waals surface area contributed by atoms with Gasteiger partial charge in [0.15, 0.2) is 5.60 Å². The minimum atomic E-state index is -1.33. The molecular weight excluding hydrogens is 532 g/mol. The Morgan fingerprint density at radius 1 is 1.12 bits per heavy atom. The van der Waals surface area contributed by atoms with Crippen LogP contribution in [0, 0.1) is 11.8 Å². The molecule has 222 valence electrons. The summed E-state index contributed by atoms with van der Waals surface area (Å²) in [5, 5.41) is 22.7. The third-order valence-corrected chi connectivity index (χ3v) is 9.08. The van der Waals surface area contributed by atoms with Crippen LogP contribution in [0.25, 0.3) is 0 Å². The van der Waals surface area contributed by atoms with E-state index in [1.165, 1.54) is 6.92 Å². The van der Waals surface area contributed by atoms with Gasteiger partial charge in [0.2, 0.25) is 0 Å². The van der Waals surface area contributed by atoms with Crippen molar-refractivity contribution in [2.24, 2.45) is 11.8 Å². The molecule has 8 nitrogen and oxygen atoms in total. The van der Waals surface area contributed by atoms with Gasteiger partial charge in [0, 0.05) is 29.7 Å². The van der Waals surface area contributed by atoms with Crippen molar-refractivity contribution in [1.82, 2.24) is 0 Å². The largest absolute Gasteiger partial charge is 0.497 e. The summed E-state index contributed by atoms with van der Waals surface area (Å²) in [4.78, 5) is 28.8. The molecule has 2 aliphatic rings. The van der Waals surface area contributed by atoms with E-state index in [9.17, 15) is 19.8 Å². The number of methoxy groups -OCH3 is 1. The smallest absolute Gasteiger partial charge is 0.264 e. The van der Waals surface area contributed by atoms with E-state index >= 15 is 0 Å². The summed E-state index contributed by atoms with van der Waals surface area (Å²) < 4.78 is 12.3. The first-order valence-electron chi connectivity index (χ1n) is 14.5. The van der Waals surface area contributed by atoms with E-state index in [2.05, 4.69) is 26.1 Å². The molecule has 1 spiro atoms. The molecule has 8 heteroatoms. The first-order valence-corrected chi connectivity index (χ1v) is 14.5. The molecule has 2 aliphatic heterocycles. The number of fused-ring (bicyclic) bond motifs is 2. The number of aliphatic hydroxyl groups excluding tert-OH is 2. The second kappa shape index (κ2) is 11.5. The van der Waals surface area contributed by atoms with Gasteiger partial charge in [0.25, 0.3) is 11.8 Å². The molecule has 3 aromatic carbocycles. The highest BCUT2D eigenvalue weighted by Crippen LogP contribution is 2.60. The molecule has 2 heterocycles. The van der Waals surface area contributed by atoms with Crippen molar-refractivity contribution in [3.8, 4) is 5.75 Å². The topological polar surface area (TPSA) is 108 Å². The number of benzene rings is 3. The van der Waals surface area contributed by atoms with Crippen molar-refractivity contribution in [3.63, 3.8) is 0 Å². The number of amides is 2. The lowest BCUT2D eigenvalue weighted by atomic mass is 9.63. The lowest BCUT2D eigenvalue weighted by Gasteiger charge is -2.38. The van der Waals surface area contributed by atoms with Gasteiger partial charge in [0.1, 0.15) is 11.9 Å². The highest BCUT2D eigenvalue weighted by Gasteiger charge is 2.65. The number of hydrogen-bond acceptors (Lipinski definition) is 6. The summed E-state index contributed by atoms with van der Waals surface area (Å²) in [7, 11) is 1.64. The Morgan fingerprint density at radius 3 is 2.43 bits per heavy atom. The minimum Gasteiger partial charge on any atom is -0.497 e. The summed E-state index contributed by atoms with van der Waals surface area (Å²) in [5.41, 5.74) is 2.17. The van der Waals surface area contributed by atoms with Gasteiger partial charge in [-0.15, -0.1) is 0 Å². The fourth-order valence-corrected chi connectivity index (χ4v) is 6.96. The van der Waals surface area contributed by atoms with Crippen molar-refractivity contribution in [3.05, 3.63) is 89.5 Å². The number of nitrogens with zero attached hydrogens (tertiary/aromatic N) is 1. The zero-order valence-corrected chi connectivity index (χ0v) is 24.8. The first-order chi connectivity index (χ1) is 20.0. The van der Waals surface area contributed by atoms with Gasteiger partial charge in [0.05, 0.1) is 25.4 Å². The Hall–Kier alpha value is -3.72. The number of carbonyl (C=O) groups is 2. The average Bonchev–Trinajstić information content (AvgIpc) is 3.40. The summed E-state index contributed by atoms with van der Waals surface area (Å²) in [6.07, 6.45) is -1.23. The zero-order valence-electron chi connectivity index (χ0n) is 24.8. The number of nitrogens with one attached hydrogen (secondary N) is 1. The molecule has 0 radical (unpaired) electrons. The molecule has 5 atom stereocenters. The van der Waals surface area contributed by atoms with Gasteiger partial charge >= 0.3 is 0 Å². The summed E-state index contributed by atoms with van der Waals surface area (Å²) >= 11 is 0. The molecule has 1 fully saturated rings. The maximum Gasteiger partial charge on any atom is 0.264 e. The van der Waals surface area contributed by atoms with Gasteiger partial charge in [-0.2, -0.15) is 0 Å². The molecule has 2 amide bonds. The van der Waals surface area contributed by atoms with Crippen molar-refractivity contribution >= 4 is 23.2 Å². The number of carbonyl (C=O) groups excluding carboxylic acids is 2. The molecule has 3 aromatic rings. The maximum atomic E-state index is 14.7. The summed E-state index contributed by atoms with van der Waals surface area (Å²) in [6.45, 7) is 8.06. The number of rotatable bonds is 9. The van der Waals surface area contributed by atoms with Crippen LogP contribution in [-0.4, -0.2) is 48.0 Å². The van der Waals surface area contributed by atoms with Crippen LogP contribution in [0.5, 0.6) is 5.75 Å². The van der Waals surface area contributed by atoms with Gasteiger partial charge in [-0.25, -0.2) is 0 Å². The highest BCUT2D eigenvalue weighted by atomic mass is 16.5. The van der Waals surface area contributed by atoms with Crippen molar-refractivity contribution < 1.29 is 29.3 Å². The molecule has 42 heavy (non-hydrogen) atoms. The quantitative estimate of drug-likeness (QED) is 0.341. The number of anilines is 2. The Labute approximate surface area is 247 Å². The first kappa shape index (κ1) is 29.8. The predicted molar refractivity (Wildman–Crippen MR) is 161 cm³/mol. The molecule has 5 rings (SSSR count). The van der Waals surface area contributed by atoms with Crippen LogP contribution in [-0.2, 0) is 31.9 Å². The fourth-order valence-electron chi connectivity index (χ4n) is 6.96. The molecule has 3 N–H and O–H groups in total. The second-order valence-corrected chi connectivity index (χ2v) is 11.9. The van der Waals surface area contributed by atoms with E-state index in [0.29, 0.717) is 24.2 Å². The molecule has 0 unspecified atom stereocenters. The van der Waals surface area contributed by atoms with E-state index in [1.807, 2.05) is 60.7 Å². The lowest BCUT2D eigenvalue weighted by molar-refractivity contribution is -0.146. The van der Waals surface area contributed by atoms with Crippen molar-refractivity contribution in [2.45, 2.75) is 63.9 Å². The molecule has 0 aliphatic carbocycles. The fraction of sp³-hybridized carbons (Fsp3) is 0.412. The minimum absolute atomic E-state index is 0.0814. The normalized spacial score (nSPS) is 24.1. The van der Waals surface area contributed by atoms with Crippen LogP contribution in [0.3, 0.4) is 0 Å². The molecular formula is C34H40N2O6. The van der Waals surface area contributed by atoms with Crippen molar-refractivity contribution in [2.75, 3.05) is 23.9 Å². The molecule has 0 saturated carbocycles. The zero-order chi connectivity index (χ0) is 30.2. The highest BCUT2D eigenvalue weighted by molar-refractivity contribution is 6.08. The maximum absolute atomic E-state index is 14.7. The summed E-state index contributed by atoms with van der Waals surface area (Å²) in [6, 6.07) is 23.1. The van der Waals surface area contributed by atoms with Crippen LogP contribution in [0.1, 0.15) is 50.8 Å².